The zero-order valence-corrected chi connectivity index (χ0v) is 7.06. The van der Waals surface area contributed by atoms with Crippen LogP contribution < -0.4 is 5.32 Å². The average Bonchev–Trinajstić information content (AvgIpc) is 1.97. The van der Waals surface area contributed by atoms with Gasteiger partial charge < -0.3 is 5.32 Å². The first kappa shape index (κ1) is 9.73. The Balaban J connectivity index is 2.90. The van der Waals surface area contributed by atoms with Crippen molar-refractivity contribution in [2.75, 3.05) is 13.1 Å². The fourth-order valence-corrected chi connectivity index (χ4v) is 0.671. The molecule has 0 aromatic heterocycles. The topological polar surface area (TPSA) is 12.0 Å². The molecule has 0 aliphatic rings. The first-order chi connectivity index (χ1) is 4.91. The van der Waals surface area contributed by atoms with E-state index in [1.807, 2.05) is 13.0 Å². The molecule has 0 aromatic rings. The van der Waals surface area contributed by atoms with Crippen LogP contribution >= 0.6 is 11.6 Å². The first-order valence-corrected chi connectivity index (χ1v) is 3.92. The fraction of sp³-hybridized carbons (Fsp3) is 0.500. The van der Waals surface area contributed by atoms with Gasteiger partial charge >= 0.3 is 0 Å². The summed E-state index contributed by atoms with van der Waals surface area (Å²) in [5, 5.41) is 3.20. The molecule has 0 aliphatic carbocycles. The molecule has 0 spiro atoms. The predicted octanol–water partition coefficient (Wildman–Crippen LogP) is 2.29. The third-order valence-corrected chi connectivity index (χ3v) is 1.25. The fourth-order valence-electron chi connectivity index (χ4n) is 0.582. The lowest BCUT2D eigenvalue weighted by atomic mass is 10.4. The number of nitrogens with one attached hydrogen (secondary N) is 1. The average molecular weight is 160 g/mol. The standard InChI is InChI=1S/C8H14ClN/c1-2-3-4-7-10-8-5-6-9/h2-3,5-6,10H,4,7-8H2,1H3/b3-2+,6-5+. The summed E-state index contributed by atoms with van der Waals surface area (Å²) in [6.45, 7) is 3.91. The van der Waals surface area contributed by atoms with E-state index in [0.29, 0.717) is 0 Å². The Morgan fingerprint density at radius 2 is 2.20 bits per heavy atom. The zero-order valence-electron chi connectivity index (χ0n) is 6.31. The van der Waals surface area contributed by atoms with Gasteiger partial charge in [0.25, 0.3) is 0 Å². The second kappa shape index (κ2) is 8.73. The molecule has 0 unspecified atom stereocenters. The highest BCUT2D eigenvalue weighted by Gasteiger charge is 1.78. The second-order valence-electron chi connectivity index (χ2n) is 1.92. The highest BCUT2D eigenvalue weighted by atomic mass is 35.5. The van der Waals surface area contributed by atoms with Crippen molar-refractivity contribution in [1.29, 1.82) is 0 Å². The Hall–Kier alpha value is -0.270. The summed E-state index contributed by atoms with van der Waals surface area (Å²) in [7, 11) is 0. The van der Waals surface area contributed by atoms with Crippen LogP contribution in [0.5, 0.6) is 0 Å². The molecule has 0 heterocycles. The normalized spacial score (nSPS) is 11.8. The van der Waals surface area contributed by atoms with Crippen molar-refractivity contribution in [2.24, 2.45) is 0 Å². The van der Waals surface area contributed by atoms with Crippen LogP contribution in [0.3, 0.4) is 0 Å². The lowest BCUT2D eigenvalue weighted by molar-refractivity contribution is 0.756. The number of rotatable bonds is 5. The van der Waals surface area contributed by atoms with Crippen molar-refractivity contribution < 1.29 is 0 Å². The van der Waals surface area contributed by atoms with Crippen LogP contribution in [-0.4, -0.2) is 13.1 Å². The molecule has 0 rings (SSSR count). The van der Waals surface area contributed by atoms with Crippen molar-refractivity contribution in [3.63, 3.8) is 0 Å². The monoisotopic (exact) mass is 159 g/mol. The number of hydrogen-bond donors (Lipinski definition) is 1. The third kappa shape index (κ3) is 7.73. The van der Waals surface area contributed by atoms with Crippen LogP contribution in [0.2, 0.25) is 0 Å². The van der Waals surface area contributed by atoms with Crippen LogP contribution in [-0.2, 0) is 0 Å². The first-order valence-electron chi connectivity index (χ1n) is 3.49. The molecule has 0 aliphatic heterocycles. The smallest absolute Gasteiger partial charge is 0.0146 e. The minimum absolute atomic E-state index is 0.862. The van der Waals surface area contributed by atoms with E-state index in [4.69, 9.17) is 11.6 Å². The highest BCUT2D eigenvalue weighted by Crippen LogP contribution is 1.80. The van der Waals surface area contributed by atoms with Gasteiger partial charge in [-0.2, -0.15) is 0 Å². The highest BCUT2D eigenvalue weighted by molar-refractivity contribution is 6.25. The van der Waals surface area contributed by atoms with E-state index >= 15 is 0 Å². The lowest BCUT2D eigenvalue weighted by Gasteiger charge is -1.95. The summed E-state index contributed by atoms with van der Waals surface area (Å²) in [6, 6.07) is 0. The molecule has 0 fully saturated rings. The molecule has 0 amide bonds. The predicted molar refractivity (Wildman–Crippen MR) is 47.3 cm³/mol. The Morgan fingerprint density at radius 1 is 1.40 bits per heavy atom. The summed E-state index contributed by atoms with van der Waals surface area (Å²) in [4.78, 5) is 0. The second-order valence-corrected chi connectivity index (χ2v) is 2.18. The van der Waals surface area contributed by atoms with E-state index < -0.39 is 0 Å². The summed E-state index contributed by atoms with van der Waals surface area (Å²) in [6.07, 6.45) is 7.17. The van der Waals surface area contributed by atoms with Gasteiger partial charge in [0, 0.05) is 12.1 Å². The van der Waals surface area contributed by atoms with E-state index in [0.717, 1.165) is 19.5 Å². The maximum atomic E-state index is 5.31. The summed E-state index contributed by atoms with van der Waals surface area (Å²) >= 11 is 5.31. The van der Waals surface area contributed by atoms with Crippen molar-refractivity contribution in [3.8, 4) is 0 Å². The van der Waals surface area contributed by atoms with Gasteiger partial charge in [-0.3, -0.25) is 0 Å². The van der Waals surface area contributed by atoms with Gasteiger partial charge in [0.1, 0.15) is 0 Å². The summed E-state index contributed by atoms with van der Waals surface area (Å²) in [5.74, 6) is 0. The van der Waals surface area contributed by atoms with Crippen molar-refractivity contribution in [1.82, 2.24) is 5.32 Å². The largest absolute Gasteiger partial charge is 0.313 e. The number of hydrogen-bond acceptors (Lipinski definition) is 1. The molecular formula is C8H14ClN. The molecular weight excluding hydrogens is 146 g/mol. The third-order valence-electron chi connectivity index (χ3n) is 1.07. The van der Waals surface area contributed by atoms with Gasteiger partial charge in [-0.1, -0.05) is 29.8 Å². The van der Waals surface area contributed by atoms with E-state index in [1.54, 1.807) is 0 Å². The minimum atomic E-state index is 0.862. The zero-order chi connectivity index (χ0) is 7.66. The van der Waals surface area contributed by atoms with Gasteiger partial charge in [0.2, 0.25) is 0 Å². The summed E-state index contributed by atoms with van der Waals surface area (Å²) < 4.78 is 0. The number of halogens is 1. The van der Waals surface area contributed by atoms with E-state index in [-0.39, 0.29) is 0 Å². The molecule has 2 heteroatoms. The van der Waals surface area contributed by atoms with Gasteiger partial charge in [-0.25, -0.2) is 0 Å². The van der Waals surface area contributed by atoms with Crippen molar-refractivity contribution >= 4 is 11.6 Å². The van der Waals surface area contributed by atoms with Gasteiger partial charge in [-0.15, -0.1) is 0 Å². The molecule has 10 heavy (non-hydrogen) atoms. The molecule has 0 radical (unpaired) electrons. The summed E-state index contributed by atoms with van der Waals surface area (Å²) in [5.41, 5.74) is 1.53. The SMILES string of the molecule is C/C=C/CCNC/C=C/Cl. The Labute approximate surface area is 67.8 Å². The molecule has 0 aromatic carbocycles. The van der Waals surface area contributed by atoms with Crippen LogP contribution in [0.25, 0.3) is 0 Å². The molecule has 1 N–H and O–H groups in total. The molecule has 0 saturated heterocycles. The van der Waals surface area contributed by atoms with Crippen molar-refractivity contribution in [2.45, 2.75) is 13.3 Å². The minimum Gasteiger partial charge on any atom is -0.313 e. The van der Waals surface area contributed by atoms with Crippen LogP contribution in [0.1, 0.15) is 13.3 Å². The Morgan fingerprint density at radius 3 is 2.80 bits per heavy atom. The van der Waals surface area contributed by atoms with E-state index in [1.165, 1.54) is 5.54 Å². The Kier molecular flexibility index (Phi) is 8.49. The van der Waals surface area contributed by atoms with E-state index in [2.05, 4.69) is 17.5 Å². The number of allylic oxidation sites excluding steroid dienone is 1. The maximum absolute atomic E-state index is 5.31. The molecule has 0 bridgehead atoms. The van der Waals surface area contributed by atoms with E-state index in [9.17, 15) is 0 Å². The molecule has 0 atom stereocenters. The molecule has 0 saturated carbocycles. The Bertz CT molecular complexity index is 93.8. The van der Waals surface area contributed by atoms with Crippen molar-refractivity contribution in [3.05, 3.63) is 23.8 Å². The van der Waals surface area contributed by atoms with Gasteiger partial charge in [-0.05, 0) is 19.9 Å². The van der Waals surface area contributed by atoms with Crippen LogP contribution in [0, 0.1) is 0 Å². The van der Waals surface area contributed by atoms with Gasteiger partial charge in [0.05, 0.1) is 0 Å². The van der Waals surface area contributed by atoms with Crippen LogP contribution in [0.15, 0.2) is 23.8 Å². The van der Waals surface area contributed by atoms with Crippen LogP contribution in [0.4, 0.5) is 0 Å². The lowest BCUT2D eigenvalue weighted by Crippen LogP contribution is -2.13. The molecule has 58 valence electrons. The van der Waals surface area contributed by atoms with Gasteiger partial charge in [0.15, 0.2) is 0 Å². The molecule has 1 nitrogen and oxygen atoms in total. The maximum Gasteiger partial charge on any atom is 0.0146 e. The quantitative estimate of drug-likeness (QED) is 0.480.